The van der Waals surface area contributed by atoms with Crippen LogP contribution < -0.4 is 16.4 Å². The number of carbonyl (C=O) groups excluding carboxylic acids is 1. The van der Waals surface area contributed by atoms with Crippen molar-refractivity contribution in [3.05, 3.63) is 0 Å². The predicted molar refractivity (Wildman–Crippen MR) is 61.5 cm³/mol. The van der Waals surface area contributed by atoms with Crippen LogP contribution in [-0.4, -0.2) is 30.6 Å². The number of nitrogens with one attached hydrogen (secondary N) is 2. The molecule has 0 aromatic heterocycles. The molecule has 88 valence electrons. The van der Waals surface area contributed by atoms with E-state index in [9.17, 15) is 4.79 Å². The van der Waals surface area contributed by atoms with Gasteiger partial charge in [-0.3, -0.25) is 4.79 Å². The highest BCUT2D eigenvalue weighted by Gasteiger charge is 2.20. The van der Waals surface area contributed by atoms with Crippen molar-refractivity contribution >= 4 is 5.91 Å². The Labute approximate surface area is 92.0 Å². The molecule has 0 spiro atoms. The summed E-state index contributed by atoms with van der Waals surface area (Å²) in [6, 6.07) is 1.11. The summed E-state index contributed by atoms with van der Waals surface area (Å²) in [5.41, 5.74) is 5.80. The molecule has 0 aromatic carbocycles. The average molecular weight is 213 g/mol. The van der Waals surface area contributed by atoms with Crippen molar-refractivity contribution < 1.29 is 4.79 Å². The number of hydrogen-bond donors (Lipinski definition) is 3. The van der Waals surface area contributed by atoms with Gasteiger partial charge in [-0.2, -0.15) is 0 Å². The van der Waals surface area contributed by atoms with E-state index >= 15 is 0 Å². The number of nitrogens with two attached hydrogens (primary N) is 1. The lowest BCUT2D eigenvalue weighted by molar-refractivity contribution is -0.121. The summed E-state index contributed by atoms with van der Waals surface area (Å²) in [5, 5.41) is 6.25. The van der Waals surface area contributed by atoms with Gasteiger partial charge in [0.05, 0.1) is 0 Å². The van der Waals surface area contributed by atoms with Gasteiger partial charge in [0.25, 0.3) is 0 Å². The monoisotopic (exact) mass is 213 g/mol. The summed E-state index contributed by atoms with van der Waals surface area (Å²) in [6.07, 6.45) is 3.86. The third kappa shape index (κ3) is 5.14. The molecular formula is C11H23N3O. The van der Waals surface area contributed by atoms with E-state index in [-0.39, 0.29) is 11.9 Å². The molecule has 0 aromatic rings. The van der Waals surface area contributed by atoms with Crippen molar-refractivity contribution in [1.29, 1.82) is 0 Å². The molecule has 2 atom stereocenters. The average Bonchev–Trinajstić information content (AvgIpc) is 2.50. The normalized spacial score (nSPS) is 25.9. The van der Waals surface area contributed by atoms with Crippen LogP contribution >= 0.6 is 0 Å². The summed E-state index contributed by atoms with van der Waals surface area (Å²) >= 11 is 0. The van der Waals surface area contributed by atoms with Gasteiger partial charge in [-0.1, -0.05) is 0 Å². The molecule has 0 radical (unpaired) electrons. The zero-order valence-electron chi connectivity index (χ0n) is 9.75. The number of amides is 1. The predicted octanol–water partition coefficient (Wildman–Crippen LogP) is 0.371. The second-order valence-electron chi connectivity index (χ2n) is 4.70. The molecule has 0 aliphatic heterocycles. The van der Waals surface area contributed by atoms with Gasteiger partial charge in [-0.25, -0.2) is 0 Å². The fraction of sp³-hybridized carbons (Fsp3) is 0.909. The molecule has 15 heavy (non-hydrogen) atoms. The van der Waals surface area contributed by atoms with Crippen molar-refractivity contribution in [3.63, 3.8) is 0 Å². The summed E-state index contributed by atoms with van der Waals surface area (Å²) in [5.74, 6) is 0.125. The largest absolute Gasteiger partial charge is 0.354 e. The van der Waals surface area contributed by atoms with E-state index in [1.807, 2.05) is 13.8 Å². The quantitative estimate of drug-likeness (QED) is 0.618. The fourth-order valence-corrected chi connectivity index (χ4v) is 1.99. The third-order valence-electron chi connectivity index (χ3n) is 2.71. The molecule has 0 bridgehead atoms. The second-order valence-corrected chi connectivity index (χ2v) is 4.70. The van der Waals surface area contributed by atoms with E-state index in [1.165, 1.54) is 0 Å². The zero-order valence-corrected chi connectivity index (χ0v) is 9.75. The maximum absolute atomic E-state index is 11.3. The molecule has 0 saturated heterocycles. The van der Waals surface area contributed by atoms with Gasteiger partial charge >= 0.3 is 0 Å². The van der Waals surface area contributed by atoms with Gasteiger partial charge in [0, 0.05) is 31.1 Å². The van der Waals surface area contributed by atoms with Crippen molar-refractivity contribution in [2.45, 2.75) is 57.7 Å². The molecule has 4 N–H and O–H groups in total. The summed E-state index contributed by atoms with van der Waals surface area (Å²) < 4.78 is 0. The van der Waals surface area contributed by atoms with Gasteiger partial charge < -0.3 is 16.4 Å². The van der Waals surface area contributed by atoms with E-state index in [0.717, 1.165) is 25.8 Å². The smallest absolute Gasteiger partial charge is 0.221 e. The van der Waals surface area contributed by atoms with Crippen LogP contribution in [0.5, 0.6) is 0 Å². The molecular weight excluding hydrogens is 190 g/mol. The highest BCUT2D eigenvalue weighted by atomic mass is 16.1. The lowest BCUT2D eigenvalue weighted by Crippen LogP contribution is -2.35. The Bertz CT molecular complexity index is 206. The zero-order chi connectivity index (χ0) is 11.3. The highest BCUT2D eigenvalue weighted by molar-refractivity contribution is 5.76. The molecule has 1 fully saturated rings. The van der Waals surface area contributed by atoms with Crippen LogP contribution in [0.3, 0.4) is 0 Å². The molecule has 1 aliphatic carbocycles. The van der Waals surface area contributed by atoms with Gasteiger partial charge in [0.2, 0.25) is 5.91 Å². The number of carbonyl (C=O) groups is 1. The first-order chi connectivity index (χ1) is 7.08. The van der Waals surface area contributed by atoms with Crippen molar-refractivity contribution in [2.24, 2.45) is 5.73 Å². The highest BCUT2D eigenvalue weighted by Crippen LogP contribution is 2.16. The van der Waals surface area contributed by atoms with Gasteiger partial charge in [-0.05, 0) is 33.1 Å². The van der Waals surface area contributed by atoms with E-state index < -0.39 is 0 Å². The molecule has 1 rings (SSSR count). The minimum Gasteiger partial charge on any atom is -0.354 e. The Kier molecular flexibility index (Phi) is 5.05. The Morgan fingerprint density at radius 1 is 1.47 bits per heavy atom. The summed E-state index contributed by atoms with van der Waals surface area (Å²) in [4.78, 5) is 11.3. The summed E-state index contributed by atoms with van der Waals surface area (Å²) in [6.45, 7) is 4.71. The lowest BCUT2D eigenvalue weighted by atomic mass is 10.2. The Morgan fingerprint density at radius 3 is 2.73 bits per heavy atom. The van der Waals surface area contributed by atoms with E-state index in [4.69, 9.17) is 5.73 Å². The molecule has 0 heterocycles. The van der Waals surface area contributed by atoms with Crippen LogP contribution in [0, 0.1) is 0 Å². The first-order valence-electron chi connectivity index (χ1n) is 5.86. The van der Waals surface area contributed by atoms with Crippen LogP contribution in [0.4, 0.5) is 0 Å². The lowest BCUT2D eigenvalue weighted by Gasteiger charge is -2.13. The van der Waals surface area contributed by atoms with Crippen LogP contribution in [0.15, 0.2) is 0 Å². The first kappa shape index (κ1) is 12.5. The second kappa shape index (κ2) is 6.08. The van der Waals surface area contributed by atoms with Crippen molar-refractivity contribution in [2.75, 3.05) is 6.54 Å². The summed E-state index contributed by atoms with van der Waals surface area (Å²) in [7, 11) is 0. The standard InChI is InChI=1S/C11H23N3O/c1-8(2)14-11(15)5-6-13-10-4-3-9(12)7-10/h8-10,13H,3-7,12H2,1-2H3,(H,14,15). The molecule has 2 unspecified atom stereocenters. The van der Waals surface area contributed by atoms with Crippen LogP contribution in [0.25, 0.3) is 0 Å². The molecule has 4 nitrogen and oxygen atoms in total. The topological polar surface area (TPSA) is 67.2 Å². The van der Waals surface area contributed by atoms with Gasteiger partial charge in [-0.15, -0.1) is 0 Å². The third-order valence-corrected chi connectivity index (χ3v) is 2.71. The minimum atomic E-state index is 0.125. The van der Waals surface area contributed by atoms with E-state index in [0.29, 0.717) is 18.5 Å². The minimum absolute atomic E-state index is 0.125. The first-order valence-corrected chi connectivity index (χ1v) is 5.86. The Hall–Kier alpha value is -0.610. The maximum atomic E-state index is 11.3. The Balaban J connectivity index is 2.03. The number of rotatable bonds is 5. The van der Waals surface area contributed by atoms with Crippen LogP contribution in [-0.2, 0) is 4.79 Å². The van der Waals surface area contributed by atoms with E-state index in [2.05, 4.69) is 10.6 Å². The Morgan fingerprint density at radius 2 is 2.20 bits per heavy atom. The SMILES string of the molecule is CC(C)NC(=O)CCNC1CCC(N)C1. The van der Waals surface area contributed by atoms with Gasteiger partial charge in [0.1, 0.15) is 0 Å². The maximum Gasteiger partial charge on any atom is 0.221 e. The van der Waals surface area contributed by atoms with Crippen molar-refractivity contribution in [3.8, 4) is 0 Å². The van der Waals surface area contributed by atoms with Gasteiger partial charge in [0.15, 0.2) is 0 Å². The molecule has 1 saturated carbocycles. The van der Waals surface area contributed by atoms with E-state index in [1.54, 1.807) is 0 Å². The van der Waals surface area contributed by atoms with Crippen LogP contribution in [0.1, 0.15) is 39.5 Å². The molecule has 1 aliphatic rings. The molecule has 1 amide bonds. The number of hydrogen-bond acceptors (Lipinski definition) is 3. The fourth-order valence-electron chi connectivity index (χ4n) is 1.99. The molecule has 4 heteroatoms. The van der Waals surface area contributed by atoms with Crippen molar-refractivity contribution in [1.82, 2.24) is 10.6 Å². The van der Waals surface area contributed by atoms with Crippen LogP contribution in [0.2, 0.25) is 0 Å².